The molecule has 1 rings (SSSR count). The van der Waals surface area contributed by atoms with Crippen LogP contribution in [0, 0.1) is 5.92 Å². The first-order valence-electron chi connectivity index (χ1n) is 6.13. The van der Waals surface area contributed by atoms with Gasteiger partial charge < -0.3 is 10.2 Å². The van der Waals surface area contributed by atoms with E-state index in [2.05, 4.69) is 43.1 Å². The molecule has 0 heterocycles. The summed E-state index contributed by atoms with van der Waals surface area (Å²) in [5.41, 5.74) is 0. The fourth-order valence-corrected chi connectivity index (χ4v) is 3.63. The van der Waals surface area contributed by atoms with Crippen LogP contribution in [0.2, 0.25) is 0 Å². The molecule has 1 N–H and O–H groups in total. The van der Waals surface area contributed by atoms with Gasteiger partial charge in [-0.2, -0.15) is 11.8 Å². The zero-order valence-electron chi connectivity index (χ0n) is 10.5. The Morgan fingerprint density at radius 2 is 2.00 bits per heavy atom. The molecule has 1 fully saturated rings. The lowest BCUT2D eigenvalue weighted by Crippen LogP contribution is -2.34. The molecule has 0 bridgehead atoms. The predicted molar refractivity (Wildman–Crippen MR) is 70.7 cm³/mol. The molecule has 1 aliphatic rings. The van der Waals surface area contributed by atoms with Crippen molar-refractivity contribution in [2.24, 2.45) is 5.92 Å². The maximum absolute atomic E-state index is 3.50. The van der Waals surface area contributed by atoms with E-state index in [0.717, 1.165) is 12.0 Å². The van der Waals surface area contributed by atoms with Crippen LogP contribution in [0.3, 0.4) is 0 Å². The molecule has 90 valence electrons. The first-order chi connectivity index (χ1) is 7.24. The average Bonchev–Trinajstić information content (AvgIpc) is 2.70. The number of rotatable bonds is 7. The maximum Gasteiger partial charge on any atom is 0.0183 e. The van der Waals surface area contributed by atoms with E-state index >= 15 is 0 Å². The highest BCUT2D eigenvalue weighted by molar-refractivity contribution is 7.99. The van der Waals surface area contributed by atoms with Gasteiger partial charge in [-0.25, -0.2) is 0 Å². The van der Waals surface area contributed by atoms with Crippen molar-refractivity contribution in [3.8, 4) is 0 Å². The van der Waals surface area contributed by atoms with Crippen molar-refractivity contribution in [3.63, 3.8) is 0 Å². The summed E-state index contributed by atoms with van der Waals surface area (Å²) in [6.45, 7) is 1.20. The standard InChI is InChI=1S/C12H26N2S/c1-13-12(11-6-4-5-7-11)10-15-9-8-14(2)3/h11-13H,4-10H2,1-3H3. The normalized spacial score (nSPS) is 20.0. The van der Waals surface area contributed by atoms with Gasteiger partial charge in [0, 0.05) is 24.1 Å². The van der Waals surface area contributed by atoms with Gasteiger partial charge in [-0.3, -0.25) is 0 Å². The second-order valence-electron chi connectivity index (χ2n) is 4.82. The molecule has 15 heavy (non-hydrogen) atoms. The van der Waals surface area contributed by atoms with Gasteiger partial charge >= 0.3 is 0 Å². The molecule has 0 amide bonds. The van der Waals surface area contributed by atoms with Crippen molar-refractivity contribution in [1.82, 2.24) is 10.2 Å². The Bertz CT molecular complexity index is 156. The Kier molecular flexibility index (Phi) is 6.69. The predicted octanol–water partition coefficient (Wildman–Crippen LogP) is 2.06. The lowest BCUT2D eigenvalue weighted by molar-refractivity contribution is 0.409. The van der Waals surface area contributed by atoms with E-state index in [1.165, 1.54) is 43.7 Å². The van der Waals surface area contributed by atoms with E-state index in [9.17, 15) is 0 Å². The van der Waals surface area contributed by atoms with Gasteiger partial charge in [0.05, 0.1) is 0 Å². The topological polar surface area (TPSA) is 15.3 Å². The molecule has 0 aliphatic heterocycles. The number of hydrogen-bond acceptors (Lipinski definition) is 3. The second-order valence-corrected chi connectivity index (χ2v) is 5.97. The summed E-state index contributed by atoms with van der Waals surface area (Å²) in [7, 11) is 6.41. The van der Waals surface area contributed by atoms with Crippen LogP contribution >= 0.6 is 11.8 Å². The zero-order valence-corrected chi connectivity index (χ0v) is 11.3. The molecule has 0 aromatic carbocycles. The van der Waals surface area contributed by atoms with Gasteiger partial charge in [0.25, 0.3) is 0 Å². The summed E-state index contributed by atoms with van der Waals surface area (Å²) in [5.74, 6) is 3.49. The molecule has 1 saturated carbocycles. The SMILES string of the molecule is CNC(CSCCN(C)C)C1CCCC1. The van der Waals surface area contributed by atoms with Crippen molar-refractivity contribution in [2.45, 2.75) is 31.7 Å². The number of nitrogens with one attached hydrogen (secondary N) is 1. The van der Waals surface area contributed by atoms with Crippen LogP contribution in [-0.4, -0.2) is 50.1 Å². The summed E-state index contributed by atoms with van der Waals surface area (Å²) in [6.07, 6.45) is 5.79. The highest BCUT2D eigenvalue weighted by Gasteiger charge is 2.23. The van der Waals surface area contributed by atoms with E-state index in [1.807, 2.05) is 0 Å². The highest BCUT2D eigenvalue weighted by atomic mass is 32.2. The molecule has 1 aliphatic carbocycles. The Morgan fingerprint density at radius 3 is 2.53 bits per heavy atom. The summed E-state index contributed by atoms with van der Waals surface area (Å²) in [6, 6.07) is 0.750. The lowest BCUT2D eigenvalue weighted by atomic mass is 10.0. The van der Waals surface area contributed by atoms with Gasteiger partial charge in [0.15, 0.2) is 0 Å². The Morgan fingerprint density at radius 1 is 1.33 bits per heavy atom. The van der Waals surface area contributed by atoms with Gasteiger partial charge in [-0.05, 0) is 39.9 Å². The summed E-state index contributed by atoms with van der Waals surface area (Å²) in [5, 5.41) is 3.50. The number of thioether (sulfide) groups is 1. The molecule has 1 unspecified atom stereocenters. The molecule has 3 heteroatoms. The molecule has 0 saturated heterocycles. The molecule has 0 aromatic rings. The Labute approximate surface area is 99.2 Å². The summed E-state index contributed by atoms with van der Waals surface area (Å²) < 4.78 is 0. The monoisotopic (exact) mass is 230 g/mol. The lowest BCUT2D eigenvalue weighted by Gasteiger charge is -2.22. The molecule has 2 nitrogen and oxygen atoms in total. The summed E-state index contributed by atoms with van der Waals surface area (Å²) in [4.78, 5) is 2.26. The van der Waals surface area contributed by atoms with Crippen molar-refractivity contribution >= 4 is 11.8 Å². The van der Waals surface area contributed by atoms with E-state index < -0.39 is 0 Å². The smallest absolute Gasteiger partial charge is 0.0183 e. The number of nitrogens with zero attached hydrogens (tertiary/aromatic N) is 1. The first kappa shape index (κ1) is 13.3. The van der Waals surface area contributed by atoms with Crippen molar-refractivity contribution in [2.75, 3.05) is 39.2 Å². The van der Waals surface area contributed by atoms with Gasteiger partial charge in [-0.15, -0.1) is 0 Å². The van der Waals surface area contributed by atoms with Gasteiger partial charge in [0.1, 0.15) is 0 Å². The van der Waals surface area contributed by atoms with Crippen LogP contribution in [0.5, 0.6) is 0 Å². The molecule has 0 spiro atoms. The number of hydrogen-bond donors (Lipinski definition) is 1. The average molecular weight is 230 g/mol. The van der Waals surface area contributed by atoms with Crippen LogP contribution in [0.25, 0.3) is 0 Å². The van der Waals surface area contributed by atoms with E-state index in [4.69, 9.17) is 0 Å². The summed E-state index contributed by atoms with van der Waals surface area (Å²) >= 11 is 2.10. The Hall–Kier alpha value is 0.270. The van der Waals surface area contributed by atoms with Crippen LogP contribution in [0.1, 0.15) is 25.7 Å². The van der Waals surface area contributed by atoms with Crippen LogP contribution < -0.4 is 5.32 Å². The highest BCUT2D eigenvalue weighted by Crippen LogP contribution is 2.28. The van der Waals surface area contributed by atoms with E-state index in [1.54, 1.807) is 0 Å². The van der Waals surface area contributed by atoms with Crippen LogP contribution in [0.15, 0.2) is 0 Å². The minimum absolute atomic E-state index is 0.750. The third-order valence-electron chi connectivity index (χ3n) is 3.32. The molecule has 1 atom stereocenters. The fraction of sp³-hybridized carbons (Fsp3) is 1.00. The first-order valence-corrected chi connectivity index (χ1v) is 7.29. The quantitative estimate of drug-likeness (QED) is 0.674. The maximum atomic E-state index is 3.50. The van der Waals surface area contributed by atoms with Crippen LogP contribution in [0.4, 0.5) is 0 Å². The third kappa shape index (κ3) is 5.23. The largest absolute Gasteiger partial charge is 0.316 e. The van der Waals surface area contributed by atoms with Gasteiger partial charge in [-0.1, -0.05) is 12.8 Å². The second kappa shape index (κ2) is 7.53. The van der Waals surface area contributed by atoms with E-state index in [0.29, 0.717) is 0 Å². The molecule has 0 aromatic heterocycles. The van der Waals surface area contributed by atoms with E-state index in [-0.39, 0.29) is 0 Å². The van der Waals surface area contributed by atoms with Crippen molar-refractivity contribution in [3.05, 3.63) is 0 Å². The Balaban J connectivity index is 2.10. The zero-order chi connectivity index (χ0) is 11.1. The minimum Gasteiger partial charge on any atom is -0.316 e. The minimum atomic E-state index is 0.750. The van der Waals surface area contributed by atoms with Crippen LogP contribution in [-0.2, 0) is 0 Å². The third-order valence-corrected chi connectivity index (χ3v) is 4.39. The molecular formula is C12H26N2S. The molecular weight excluding hydrogens is 204 g/mol. The fourth-order valence-electron chi connectivity index (χ4n) is 2.27. The molecule has 0 radical (unpaired) electrons. The van der Waals surface area contributed by atoms with Gasteiger partial charge in [0.2, 0.25) is 0 Å². The van der Waals surface area contributed by atoms with Crippen molar-refractivity contribution < 1.29 is 0 Å². The van der Waals surface area contributed by atoms with Crippen molar-refractivity contribution in [1.29, 1.82) is 0 Å².